The molecule has 0 amide bonds. The van der Waals surface area contributed by atoms with Crippen molar-refractivity contribution in [1.29, 1.82) is 0 Å². The van der Waals surface area contributed by atoms with Gasteiger partial charge in [0.2, 0.25) is 0 Å². The first-order valence-electron chi connectivity index (χ1n) is 10.3. The molecule has 4 heteroatoms. The Morgan fingerprint density at radius 3 is 2.89 bits per heavy atom. The van der Waals surface area contributed by atoms with Crippen LogP contribution in [-0.4, -0.2) is 36.4 Å². The minimum absolute atomic E-state index is 0. The van der Waals surface area contributed by atoms with Crippen LogP contribution in [0.4, 0.5) is 5.69 Å². The van der Waals surface area contributed by atoms with E-state index in [1.54, 1.807) is 0 Å². The summed E-state index contributed by atoms with van der Waals surface area (Å²) in [7, 11) is 0. The van der Waals surface area contributed by atoms with Crippen molar-refractivity contribution in [1.82, 2.24) is 0 Å². The quantitative estimate of drug-likeness (QED) is 0.306. The zero-order valence-electron chi connectivity index (χ0n) is 16.3. The average Bonchev–Trinajstić information content (AvgIpc) is 3.20. The summed E-state index contributed by atoms with van der Waals surface area (Å²) in [5, 5.41) is 3.71. The summed E-state index contributed by atoms with van der Waals surface area (Å²) >= 11 is 0. The molecule has 4 aliphatic rings. The molecule has 0 saturated carbocycles. The van der Waals surface area contributed by atoms with E-state index in [1.165, 1.54) is 59.4 Å². The number of carbonyl (C=O) groups excluding carboxylic acids is 1. The lowest BCUT2D eigenvalue weighted by Gasteiger charge is -2.53. The monoisotopic (exact) mass is 476 g/mol. The van der Waals surface area contributed by atoms with Crippen LogP contribution in [0, 0.1) is 5.92 Å². The molecule has 2 saturated heterocycles. The minimum atomic E-state index is 0. The highest BCUT2D eigenvalue weighted by Crippen LogP contribution is 2.63. The molecule has 5 rings (SSSR count). The van der Waals surface area contributed by atoms with Gasteiger partial charge in [-0.3, -0.25) is 4.79 Å². The second-order valence-corrected chi connectivity index (χ2v) is 8.69. The van der Waals surface area contributed by atoms with Crippen LogP contribution in [0.1, 0.15) is 45.1 Å². The van der Waals surface area contributed by atoms with E-state index in [0.717, 1.165) is 24.8 Å². The molecule has 2 fully saturated rings. The number of hydrogen-bond acceptors (Lipinski definition) is 2. The predicted octanol–water partition coefficient (Wildman–Crippen LogP) is 1.18. The third-order valence-corrected chi connectivity index (χ3v) is 7.82. The van der Waals surface area contributed by atoms with Crippen LogP contribution in [0.2, 0.25) is 0 Å². The Balaban J connectivity index is 0.00000180. The second kappa shape index (κ2) is 6.73. The molecule has 1 aliphatic carbocycles. The number of benzene rings is 1. The highest BCUT2D eigenvalue weighted by Gasteiger charge is 2.68. The van der Waals surface area contributed by atoms with Crippen molar-refractivity contribution in [3.05, 3.63) is 52.7 Å². The van der Waals surface area contributed by atoms with Gasteiger partial charge < -0.3 is 33.8 Å². The third-order valence-electron chi connectivity index (χ3n) is 7.82. The number of aldehydes is 1. The normalized spacial score (nSPS) is 36.7. The number of carbonyl (C=O) groups is 1. The molecule has 1 aromatic rings. The number of unbranched alkanes of at least 4 members (excludes halogenated alkanes) is 1. The average molecular weight is 476 g/mol. The van der Waals surface area contributed by atoms with Crippen LogP contribution >= 0.6 is 0 Å². The first kappa shape index (κ1) is 19.2. The van der Waals surface area contributed by atoms with Gasteiger partial charge in [0.15, 0.2) is 0 Å². The topological polar surface area (TPSA) is 29.1 Å². The molecule has 0 radical (unpaired) electrons. The fourth-order valence-electron chi connectivity index (χ4n) is 6.70. The fraction of sp³-hybridized carbons (Fsp3) is 0.522. The van der Waals surface area contributed by atoms with Gasteiger partial charge in [0.1, 0.15) is 18.9 Å². The van der Waals surface area contributed by atoms with Crippen LogP contribution in [0.3, 0.4) is 0 Å². The summed E-state index contributed by atoms with van der Waals surface area (Å²) < 4.78 is 1.23. The Kier molecular flexibility index (Phi) is 4.78. The van der Waals surface area contributed by atoms with E-state index < -0.39 is 0 Å². The SMILES string of the molecule is C/C=C1/C[N+]2(CCCC)CCC34C(=C(C=O)[C@H]1C[C@@H]32)Nc1ccccc14.[I-]. The number of rotatable bonds is 4. The van der Waals surface area contributed by atoms with E-state index in [-0.39, 0.29) is 29.4 Å². The van der Waals surface area contributed by atoms with Crippen LogP contribution in [0.25, 0.3) is 0 Å². The minimum Gasteiger partial charge on any atom is -1.00 e. The number of halogens is 1. The first-order chi connectivity index (χ1) is 12.7. The lowest BCUT2D eigenvalue weighted by atomic mass is 9.61. The molecule has 3 aliphatic heterocycles. The molecule has 3 nitrogen and oxygen atoms in total. The number of piperidine rings is 1. The predicted molar refractivity (Wildman–Crippen MR) is 105 cm³/mol. The second-order valence-electron chi connectivity index (χ2n) is 8.69. The van der Waals surface area contributed by atoms with Gasteiger partial charge in [-0.25, -0.2) is 0 Å². The number of hydrogen-bond donors (Lipinski definition) is 1. The first-order valence-corrected chi connectivity index (χ1v) is 10.3. The molecule has 2 bridgehead atoms. The van der Waals surface area contributed by atoms with Crippen molar-refractivity contribution in [2.45, 2.75) is 51.0 Å². The smallest absolute Gasteiger partial charge is 0.148 e. The van der Waals surface area contributed by atoms with Crippen molar-refractivity contribution in [3.63, 3.8) is 0 Å². The molecule has 27 heavy (non-hydrogen) atoms. The number of nitrogens with zero attached hydrogens (tertiary/aromatic N) is 1. The third kappa shape index (κ3) is 2.32. The van der Waals surface area contributed by atoms with Crippen molar-refractivity contribution in [3.8, 4) is 0 Å². The summed E-state index contributed by atoms with van der Waals surface area (Å²) in [6.07, 6.45) is 8.31. The Morgan fingerprint density at radius 2 is 2.15 bits per heavy atom. The highest BCUT2D eigenvalue weighted by molar-refractivity contribution is 5.84. The van der Waals surface area contributed by atoms with Gasteiger partial charge in [-0.15, -0.1) is 0 Å². The molecule has 1 spiro atoms. The summed E-state index contributed by atoms with van der Waals surface area (Å²) in [5.74, 6) is 0.318. The maximum absolute atomic E-state index is 12.2. The summed E-state index contributed by atoms with van der Waals surface area (Å²) in [6.45, 7) is 8.12. The number of fused-ring (bicyclic) bond motifs is 2. The van der Waals surface area contributed by atoms with Gasteiger partial charge >= 0.3 is 0 Å². The number of anilines is 1. The molecule has 4 atom stereocenters. The molecule has 2 unspecified atom stereocenters. The van der Waals surface area contributed by atoms with Gasteiger partial charge in [0, 0.05) is 35.7 Å². The van der Waals surface area contributed by atoms with Crippen LogP contribution in [0.15, 0.2) is 47.2 Å². The van der Waals surface area contributed by atoms with Crippen molar-refractivity contribution >= 4 is 12.0 Å². The van der Waals surface area contributed by atoms with E-state index in [1.807, 2.05) is 0 Å². The van der Waals surface area contributed by atoms with Crippen LogP contribution in [-0.2, 0) is 10.2 Å². The molecule has 144 valence electrons. The number of quaternary nitrogens is 1. The van der Waals surface area contributed by atoms with Crippen LogP contribution < -0.4 is 29.3 Å². The summed E-state index contributed by atoms with van der Waals surface area (Å²) in [6, 6.07) is 9.39. The highest BCUT2D eigenvalue weighted by atomic mass is 127. The molecule has 1 aromatic carbocycles. The van der Waals surface area contributed by atoms with E-state index in [0.29, 0.717) is 12.0 Å². The maximum Gasteiger partial charge on any atom is 0.148 e. The fourth-order valence-corrected chi connectivity index (χ4v) is 6.70. The molecular formula is C23H29IN2O. The maximum atomic E-state index is 12.2. The zero-order chi connectivity index (χ0) is 17.9. The van der Waals surface area contributed by atoms with E-state index in [9.17, 15) is 4.79 Å². The van der Waals surface area contributed by atoms with Gasteiger partial charge in [0.05, 0.1) is 18.5 Å². The lowest BCUT2D eigenvalue weighted by Crippen LogP contribution is -3.00. The van der Waals surface area contributed by atoms with Crippen molar-refractivity contribution < 1.29 is 33.3 Å². The van der Waals surface area contributed by atoms with Crippen molar-refractivity contribution in [2.75, 3.05) is 25.0 Å². The standard InChI is InChI=1S/C23H28N2O.HI/c1-3-5-11-25-12-10-23-19-8-6-7-9-20(19)24-22(23)18(15-26)17(13-21(23)25)16(4-2)14-25;/h4,6-9,15,17,21H,3,5,10-14H2,1-2H3;1H/b16-4-;/t17-,21-,23?,25?;/m0./s1. The molecular weight excluding hydrogens is 447 g/mol. The molecule has 0 aromatic heterocycles. The Bertz CT molecular complexity index is 845. The Morgan fingerprint density at radius 1 is 1.33 bits per heavy atom. The Hall–Kier alpha value is -1.14. The number of para-hydroxylation sites is 1. The van der Waals surface area contributed by atoms with Gasteiger partial charge in [-0.1, -0.05) is 37.6 Å². The largest absolute Gasteiger partial charge is 1.00 e. The van der Waals surface area contributed by atoms with Gasteiger partial charge in [0.25, 0.3) is 0 Å². The van der Waals surface area contributed by atoms with Crippen LogP contribution in [0.5, 0.6) is 0 Å². The zero-order valence-corrected chi connectivity index (χ0v) is 18.5. The summed E-state index contributed by atoms with van der Waals surface area (Å²) in [4.78, 5) is 12.2. The molecule has 1 N–H and O–H groups in total. The molecule has 3 heterocycles. The van der Waals surface area contributed by atoms with Gasteiger partial charge in [-0.2, -0.15) is 0 Å². The van der Waals surface area contributed by atoms with Gasteiger partial charge in [-0.05, 0) is 30.5 Å². The van der Waals surface area contributed by atoms with Crippen molar-refractivity contribution in [2.24, 2.45) is 5.92 Å². The van der Waals surface area contributed by atoms with E-state index in [4.69, 9.17) is 0 Å². The Labute approximate surface area is 179 Å². The van der Waals surface area contributed by atoms with E-state index in [2.05, 4.69) is 49.5 Å². The number of nitrogens with one attached hydrogen (secondary N) is 1. The number of allylic oxidation sites excluding steroid dienone is 2. The lowest BCUT2D eigenvalue weighted by molar-refractivity contribution is -0.941. The summed E-state index contributed by atoms with van der Waals surface area (Å²) in [5.41, 5.74) is 6.47. The van der Waals surface area contributed by atoms with E-state index >= 15 is 0 Å².